The molecule has 0 aliphatic rings. The molecule has 0 aliphatic carbocycles. The summed E-state index contributed by atoms with van der Waals surface area (Å²) in [6.45, 7) is 12.8. The molecule has 12 aromatic rings. The quantitative estimate of drug-likeness (QED) is 0.0628. The van der Waals surface area contributed by atoms with Crippen molar-refractivity contribution in [3.8, 4) is 51.2 Å². The van der Waals surface area contributed by atoms with Crippen molar-refractivity contribution in [3.63, 3.8) is 0 Å². The maximum absolute atomic E-state index is 5.13. The number of rotatable bonds is 18. The molecular weight excluding hydrogens is 1200 g/mol. The average molecular weight is 1260 g/mol. The van der Waals surface area contributed by atoms with Crippen LogP contribution in [0.2, 0.25) is 0 Å². The van der Waals surface area contributed by atoms with Gasteiger partial charge in [0.2, 0.25) is 0 Å². The monoisotopic (exact) mass is 1260 g/mol. The van der Waals surface area contributed by atoms with Crippen molar-refractivity contribution in [2.45, 2.75) is 86.0 Å². The molecule has 3 aromatic heterocycles. The molecule has 9 nitrogen and oxygen atoms in total. The fourth-order valence-electron chi connectivity index (χ4n) is 11.4. The van der Waals surface area contributed by atoms with Crippen molar-refractivity contribution >= 4 is 0 Å². The molecule has 0 radical (unpaired) electrons. The molecule has 0 unspecified atom stereocenters. The number of hydrogen-bond donors (Lipinski definition) is 0. The third-order valence-corrected chi connectivity index (χ3v) is 15.6. The molecule has 10 heteroatoms. The molecule has 0 spiro atoms. The number of benzene rings is 9. The summed E-state index contributed by atoms with van der Waals surface area (Å²) in [5.74, 6) is 4.81. The van der Waals surface area contributed by atoms with Gasteiger partial charge in [0, 0.05) is 25.2 Å². The number of para-hydroxylation sites is 3. The van der Waals surface area contributed by atoms with Gasteiger partial charge in [-0.2, -0.15) is 15.3 Å². The fourth-order valence-corrected chi connectivity index (χ4v) is 11.4. The van der Waals surface area contributed by atoms with Crippen LogP contribution in [0.1, 0.15) is 90.2 Å². The first kappa shape index (κ1) is 55.9. The summed E-state index contributed by atoms with van der Waals surface area (Å²) in [4.78, 5) is 15.4. The van der Waals surface area contributed by atoms with Gasteiger partial charge >= 0.3 is 20.1 Å². The van der Waals surface area contributed by atoms with Crippen LogP contribution in [0.25, 0.3) is 51.2 Å². The van der Waals surface area contributed by atoms with E-state index >= 15 is 0 Å². The summed E-state index contributed by atoms with van der Waals surface area (Å²) in [6.07, 6.45) is 4.50. The van der Waals surface area contributed by atoms with Gasteiger partial charge in [-0.05, 0) is 128 Å². The van der Waals surface area contributed by atoms with E-state index in [4.69, 9.17) is 30.2 Å². The van der Waals surface area contributed by atoms with Crippen LogP contribution < -0.4 is 0 Å². The first-order chi connectivity index (χ1) is 40.1. The molecule has 0 atom stereocenters. The van der Waals surface area contributed by atoms with Gasteiger partial charge in [-0.15, -0.1) is 108 Å². The first-order valence-electron chi connectivity index (χ1n) is 28.4. The molecule has 0 amide bonds. The van der Waals surface area contributed by atoms with E-state index in [9.17, 15) is 0 Å². The minimum atomic E-state index is -0.00431. The van der Waals surface area contributed by atoms with E-state index in [2.05, 4.69) is 205 Å². The Morgan fingerprint density at radius 3 is 0.819 bits per heavy atom. The Morgan fingerprint density at radius 1 is 0.313 bits per heavy atom. The van der Waals surface area contributed by atoms with Crippen LogP contribution >= 0.6 is 0 Å². The largest absolute Gasteiger partial charge is 3.00 e. The van der Waals surface area contributed by atoms with E-state index < -0.39 is 0 Å². The second-order valence-electron chi connectivity index (χ2n) is 21.5. The third kappa shape index (κ3) is 12.2. The van der Waals surface area contributed by atoms with E-state index in [0.717, 1.165) is 121 Å². The van der Waals surface area contributed by atoms with Gasteiger partial charge < -0.3 is 0 Å². The Bertz CT molecular complexity index is 3650. The summed E-state index contributed by atoms with van der Waals surface area (Å²) in [5, 5.41) is 15.4. The third-order valence-electron chi connectivity index (χ3n) is 15.6. The number of aromatic nitrogens is 9. The zero-order valence-corrected chi connectivity index (χ0v) is 50.1. The Balaban J connectivity index is 0.00000721. The van der Waals surface area contributed by atoms with Crippen LogP contribution in [0.5, 0.6) is 0 Å². The Labute approximate surface area is 501 Å². The van der Waals surface area contributed by atoms with Crippen molar-refractivity contribution in [2.24, 2.45) is 0 Å². The normalized spacial score (nSPS) is 11.3. The maximum atomic E-state index is 5.13. The van der Waals surface area contributed by atoms with Gasteiger partial charge in [0.1, 0.15) is 17.5 Å². The van der Waals surface area contributed by atoms with E-state index in [-0.39, 0.29) is 26.0 Å². The molecule has 0 N–H and O–H groups in total. The van der Waals surface area contributed by atoms with Gasteiger partial charge in [0.15, 0.2) is 0 Å². The van der Waals surface area contributed by atoms with E-state index in [0.29, 0.717) is 19.3 Å². The Morgan fingerprint density at radius 2 is 0.578 bits per heavy atom. The standard InChI is InChI=1S/C73H64N9.Ir/c1-49-19-16-20-50(2)68(49)80-71(61-25-10-7-11-26-61)74-64(77-80)46-37-55-31-40-58(41-32-55)67(59-42-33-56(34-43-59)38-47-65-75-72(62-27-12-8-13-28-62)81(78-65)69-51(3)21-17-22-52(69)4)60-44-35-57(36-45-60)39-48-66-76-73(63-29-14-9-15-30-63)82(79-66)70-53(5)23-18-24-54(70)6;/h7-25,27,29,31-36,40-45,67H,37-39,46-48H2,1-6H3;/q-3;+3. The van der Waals surface area contributed by atoms with Crippen LogP contribution in [0.3, 0.4) is 0 Å². The van der Waals surface area contributed by atoms with Crippen LogP contribution in [0.4, 0.5) is 0 Å². The predicted octanol–water partition coefficient (Wildman–Crippen LogP) is 15.2. The predicted molar refractivity (Wildman–Crippen MR) is 328 cm³/mol. The molecule has 0 saturated heterocycles. The van der Waals surface area contributed by atoms with Gasteiger partial charge in [0.05, 0.1) is 34.5 Å². The summed E-state index contributed by atoms with van der Waals surface area (Å²) < 4.78 is 6.02. The van der Waals surface area contributed by atoms with Crippen LogP contribution in [0, 0.1) is 59.7 Å². The van der Waals surface area contributed by atoms with E-state index in [1.165, 1.54) is 33.4 Å². The van der Waals surface area contributed by atoms with Gasteiger partial charge in [0.25, 0.3) is 0 Å². The number of nitrogens with zero attached hydrogens (tertiary/aromatic N) is 9. The maximum Gasteiger partial charge on any atom is 3.00 e. The second kappa shape index (κ2) is 25.0. The SMILES string of the molecule is Cc1cccc(C)c1-n1nc(CCc2ccc(C(c3ccc(CCc4nc(-c5[c-]cccc5)n(-c5c(C)cccc5C)n4)cc3)c3ccc(CCc4nc(-c5[c-]cccc5)n(-c5c(C)cccc5C)n4)cc3)cc2)nc1-c1[c-]cccc1.[Ir+3]. The zero-order valence-electron chi connectivity index (χ0n) is 47.7. The summed E-state index contributed by atoms with van der Waals surface area (Å²) in [5.41, 5.74) is 20.2. The van der Waals surface area contributed by atoms with Crippen molar-refractivity contribution in [1.82, 2.24) is 44.3 Å². The molecule has 0 fully saturated rings. The molecular formula is C73H64IrN9. The molecule has 410 valence electrons. The summed E-state index contributed by atoms with van der Waals surface area (Å²) in [6, 6.07) is 80.7. The van der Waals surface area contributed by atoms with Crippen LogP contribution in [-0.2, 0) is 58.6 Å². The van der Waals surface area contributed by atoms with Gasteiger partial charge in [-0.3, -0.25) is 29.0 Å². The summed E-state index contributed by atoms with van der Waals surface area (Å²) >= 11 is 0. The van der Waals surface area contributed by atoms with Crippen molar-refractivity contribution in [2.75, 3.05) is 0 Å². The minimum Gasteiger partial charge on any atom is -0.262 e. The smallest absolute Gasteiger partial charge is 0.262 e. The molecule has 0 bridgehead atoms. The van der Waals surface area contributed by atoms with Crippen LogP contribution in [0.15, 0.2) is 200 Å². The molecule has 12 rings (SSSR count). The molecule has 9 aromatic carbocycles. The second-order valence-corrected chi connectivity index (χ2v) is 21.5. The van der Waals surface area contributed by atoms with E-state index in [1.807, 2.05) is 68.6 Å². The fraction of sp³-hybridized carbons (Fsp3) is 0.178. The minimum absolute atomic E-state index is 0. The average Bonchev–Trinajstić information content (AvgIpc) is 4.29. The topological polar surface area (TPSA) is 92.1 Å². The van der Waals surface area contributed by atoms with Gasteiger partial charge in [-0.25, -0.2) is 0 Å². The molecule has 0 saturated carbocycles. The number of hydrogen-bond acceptors (Lipinski definition) is 6. The molecule has 0 aliphatic heterocycles. The number of aryl methyl sites for hydroxylation is 12. The molecule has 3 heterocycles. The van der Waals surface area contributed by atoms with Crippen molar-refractivity contribution in [3.05, 3.63) is 303 Å². The first-order valence-corrected chi connectivity index (χ1v) is 28.4. The summed E-state index contributed by atoms with van der Waals surface area (Å²) in [7, 11) is 0. The van der Waals surface area contributed by atoms with Crippen molar-refractivity contribution < 1.29 is 20.1 Å². The zero-order chi connectivity index (χ0) is 56.1. The van der Waals surface area contributed by atoms with Gasteiger partial charge in [-0.1, -0.05) is 127 Å². The van der Waals surface area contributed by atoms with Crippen molar-refractivity contribution in [1.29, 1.82) is 0 Å². The molecule has 83 heavy (non-hydrogen) atoms. The Hall–Kier alpha value is -8.95. The van der Waals surface area contributed by atoms with Crippen LogP contribution in [-0.4, -0.2) is 44.3 Å². The Kier molecular flexibility index (Phi) is 16.9. The van der Waals surface area contributed by atoms with E-state index in [1.54, 1.807) is 0 Å².